The van der Waals surface area contributed by atoms with E-state index in [4.69, 9.17) is 18.9 Å². The second-order valence-electron chi connectivity index (χ2n) is 9.86. The van der Waals surface area contributed by atoms with Gasteiger partial charge in [-0.2, -0.15) is 13.2 Å². The molecule has 2 unspecified atom stereocenters. The van der Waals surface area contributed by atoms with Gasteiger partial charge >= 0.3 is 12.3 Å². The predicted octanol–water partition coefficient (Wildman–Crippen LogP) is 5.10. The van der Waals surface area contributed by atoms with E-state index in [2.05, 4.69) is 4.98 Å². The minimum Gasteiger partial charge on any atom is -0.497 e. The first-order valence-corrected chi connectivity index (χ1v) is 12.4. The fourth-order valence-electron chi connectivity index (χ4n) is 4.83. The lowest BCUT2D eigenvalue weighted by Crippen LogP contribution is -2.49. The van der Waals surface area contributed by atoms with Crippen molar-refractivity contribution in [1.29, 1.82) is 0 Å². The number of nitrogens with zero attached hydrogens (tertiary/aromatic N) is 2. The van der Waals surface area contributed by atoms with Crippen LogP contribution >= 0.6 is 0 Å². The smallest absolute Gasteiger partial charge is 0.427 e. The molecule has 2 atom stereocenters. The summed E-state index contributed by atoms with van der Waals surface area (Å²) >= 11 is 0. The number of pyridine rings is 1. The van der Waals surface area contributed by atoms with Gasteiger partial charge in [-0.05, 0) is 67.9 Å². The van der Waals surface area contributed by atoms with Crippen LogP contribution in [0.25, 0.3) is 0 Å². The molecule has 2 aromatic rings. The number of rotatable bonds is 8. The molecule has 0 aliphatic carbocycles. The largest absolute Gasteiger partial charge is 0.497 e. The van der Waals surface area contributed by atoms with Crippen molar-refractivity contribution in [2.75, 3.05) is 33.4 Å². The van der Waals surface area contributed by atoms with Gasteiger partial charge in [0.15, 0.2) is 0 Å². The molecule has 10 heteroatoms. The lowest BCUT2D eigenvalue weighted by atomic mass is 9.84. The van der Waals surface area contributed by atoms with Crippen molar-refractivity contribution in [2.45, 2.75) is 57.1 Å². The average Bonchev–Trinajstić information content (AvgIpc) is 3.26. The summed E-state index contributed by atoms with van der Waals surface area (Å²) in [6.07, 6.45) is -3.43. The van der Waals surface area contributed by atoms with Crippen LogP contribution in [0.2, 0.25) is 0 Å². The molecule has 1 aromatic carbocycles. The molecule has 3 heterocycles. The van der Waals surface area contributed by atoms with E-state index in [0.717, 1.165) is 24.1 Å². The van der Waals surface area contributed by atoms with Gasteiger partial charge in [0, 0.05) is 25.0 Å². The highest BCUT2D eigenvalue weighted by molar-refractivity contribution is 5.68. The van der Waals surface area contributed by atoms with E-state index >= 15 is 0 Å². The van der Waals surface area contributed by atoms with Crippen LogP contribution < -0.4 is 4.74 Å². The first kappa shape index (κ1) is 27.2. The Morgan fingerprint density at radius 1 is 1.19 bits per heavy atom. The van der Waals surface area contributed by atoms with E-state index in [-0.39, 0.29) is 25.3 Å². The van der Waals surface area contributed by atoms with Gasteiger partial charge in [-0.15, -0.1) is 0 Å². The van der Waals surface area contributed by atoms with Gasteiger partial charge in [-0.25, -0.2) is 4.79 Å². The molecule has 4 rings (SSSR count). The normalized spacial score (nSPS) is 20.1. The number of alkyl halides is 3. The second-order valence-corrected chi connectivity index (χ2v) is 9.86. The predicted molar refractivity (Wildman–Crippen MR) is 129 cm³/mol. The summed E-state index contributed by atoms with van der Waals surface area (Å²) in [7, 11) is 1.53. The fraction of sp³-hybridized carbons (Fsp3) is 0.556. The van der Waals surface area contributed by atoms with Crippen LogP contribution in [0.4, 0.5) is 18.0 Å². The molecule has 0 N–H and O–H groups in total. The number of hydrogen-bond donors (Lipinski definition) is 0. The molecule has 1 spiro atoms. The summed E-state index contributed by atoms with van der Waals surface area (Å²) < 4.78 is 61.9. The molecule has 7 nitrogen and oxygen atoms in total. The molecule has 1 amide bonds. The number of methoxy groups -OCH3 is 1. The quantitative estimate of drug-likeness (QED) is 0.481. The zero-order chi connectivity index (χ0) is 26.5. The van der Waals surface area contributed by atoms with E-state index in [1.807, 2.05) is 25.3 Å². The molecule has 2 aliphatic rings. The summed E-state index contributed by atoms with van der Waals surface area (Å²) in [5, 5.41) is 0. The Morgan fingerprint density at radius 2 is 1.92 bits per heavy atom. The van der Waals surface area contributed by atoms with Gasteiger partial charge in [0.1, 0.15) is 5.75 Å². The number of aryl methyl sites for hydroxylation is 1. The number of amides is 1. The first-order valence-electron chi connectivity index (χ1n) is 12.4. The Labute approximate surface area is 214 Å². The molecule has 37 heavy (non-hydrogen) atoms. The summed E-state index contributed by atoms with van der Waals surface area (Å²) in [5.41, 5.74) is 2.46. The Bertz CT molecular complexity index is 1020. The van der Waals surface area contributed by atoms with Gasteiger partial charge in [-0.1, -0.05) is 18.2 Å². The molecule has 202 valence electrons. The number of halogens is 3. The number of carbonyl (C=O) groups is 1. The maximum Gasteiger partial charge on any atom is 0.427 e. The van der Waals surface area contributed by atoms with Crippen molar-refractivity contribution in [1.82, 2.24) is 9.88 Å². The monoisotopic (exact) mass is 522 g/mol. The van der Waals surface area contributed by atoms with Crippen molar-refractivity contribution in [2.24, 2.45) is 5.92 Å². The van der Waals surface area contributed by atoms with Crippen molar-refractivity contribution >= 4 is 6.09 Å². The summed E-state index contributed by atoms with van der Waals surface area (Å²) in [6.45, 7) is 2.35. The molecule has 1 aromatic heterocycles. The van der Waals surface area contributed by atoms with E-state index in [1.54, 1.807) is 24.3 Å². The minimum atomic E-state index is -4.74. The molecule has 2 aliphatic heterocycles. The molecule has 0 bridgehead atoms. The first-order chi connectivity index (χ1) is 17.7. The third-order valence-corrected chi connectivity index (χ3v) is 6.99. The molecule has 0 saturated carbocycles. The molecular formula is C27H33F3N2O5. The van der Waals surface area contributed by atoms with Crippen LogP contribution in [0, 0.1) is 12.8 Å². The number of likely N-dealkylation sites (tertiary alicyclic amines) is 1. The molecule has 0 radical (unpaired) electrons. The third-order valence-electron chi connectivity index (χ3n) is 6.99. The van der Waals surface area contributed by atoms with E-state index in [1.165, 1.54) is 12.0 Å². The van der Waals surface area contributed by atoms with Gasteiger partial charge in [0.25, 0.3) is 0 Å². The molecule has 2 saturated heterocycles. The third kappa shape index (κ3) is 7.35. The number of piperidine rings is 1. The van der Waals surface area contributed by atoms with Crippen LogP contribution in [0.3, 0.4) is 0 Å². The standard InChI is InChI=1S/C27H33F3N2O5/c1-19-3-6-22(31-15-19)13-21-14-26(36-17-21)9-11-32(12-10-26)25(33)37-24(27(28,29)30)18-35-16-20-4-7-23(34-2)8-5-20/h3-8,15,21,24H,9-14,16-18H2,1-2H3. The number of aromatic nitrogens is 1. The fourth-order valence-corrected chi connectivity index (χ4v) is 4.83. The number of hydrogen-bond acceptors (Lipinski definition) is 6. The maximum absolute atomic E-state index is 13.5. The Hall–Kier alpha value is -2.85. The second kappa shape index (κ2) is 11.7. The highest BCUT2D eigenvalue weighted by atomic mass is 19.4. The van der Waals surface area contributed by atoms with Crippen LogP contribution in [0.15, 0.2) is 42.6 Å². The Kier molecular flexibility index (Phi) is 8.59. The molecule has 2 fully saturated rings. The van der Waals surface area contributed by atoms with Crippen molar-refractivity contribution < 1.29 is 36.9 Å². The highest BCUT2D eigenvalue weighted by Crippen LogP contribution is 2.40. The van der Waals surface area contributed by atoms with Gasteiger partial charge in [-0.3, -0.25) is 4.98 Å². The van der Waals surface area contributed by atoms with E-state index in [9.17, 15) is 18.0 Å². The Balaban J connectivity index is 1.24. The lowest BCUT2D eigenvalue weighted by Gasteiger charge is -2.38. The minimum absolute atomic E-state index is 0.0447. The van der Waals surface area contributed by atoms with Crippen LogP contribution in [-0.4, -0.2) is 67.3 Å². The van der Waals surface area contributed by atoms with Crippen molar-refractivity contribution in [3.05, 3.63) is 59.4 Å². The van der Waals surface area contributed by atoms with Crippen LogP contribution in [-0.2, 0) is 27.2 Å². The van der Waals surface area contributed by atoms with Gasteiger partial charge < -0.3 is 23.8 Å². The van der Waals surface area contributed by atoms with Crippen LogP contribution in [0.1, 0.15) is 36.1 Å². The van der Waals surface area contributed by atoms with Crippen molar-refractivity contribution in [3.63, 3.8) is 0 Å². The lowest BCUT2D eigenvalue weighted by molar-refractivity contribution is -0.220. The van der Waals surface area contributed by atoms with E-state index in [0.29, 0.717) is 36.7 Å². The summed E-state index contributed by atoms with van der Waals surface area (Å²) in [6, 6.07) is 10.8. The van der Waals surface area contributed by atoms with E-state index < -0.39 is 25.0 Å². The highest BCUT2D eigenvalue weighted by Gasteiger charge is 2.46. The van der Waals surface area contributed by atoms with Gasteiger partial charge in [0.05, 0.1) is 32.5 Å². The zero-order valence-electron chi connectivity index (χ0n) is 21.1. The number of benzene rings is 1. The number of ether oxygens (including phenoxy) is 4. The summed E-state index contributed by atoms with van der Waals surface area (Å²) in [4.78, 5) is 18.4. The Morgan fingerprint density at radius 3 is 2.54 bits per heavy atom. The average molecular weight is 523 g/mol. The zero-order valence-corrected chi connectivity index (χ0v) is 21.1. The van der Waals surface area contributed by atoms with Gasteiger partial charge in [0.2, 0.25) is 6.10 Å². The topological polar surface area (TPSA) is 70.1 Å². The molecular weight excluding hydrogens is 489 g/mol. The number of carbonyl (C=O) groups excluding carboxylic acids is 1. The summed E-state index contributed by atoms with van der Waals surface area (Å²) in [5.74, 6) is 0.960. The van der Waals surface area contributed by atoms with Crippen LogP contribution in [0.5, 0.6) is 5.75 Å². The van der Waals surface area contributed by atoms with Crippen molar-refractivity contribution in [3.8, 4) is 5.75 Å². The maximum atomic E-state index is 13.5. The SMILES string of the molecule is COc1ccc(COCC(OC(=O)N2CCC3(CC2)CC(Cc2ccc(C)cn2)CO3)C(F)(F)F)cc1.